The second-order valence-electron chi connectivity index (χ2n) is 5.54. The van der Waals surface area contributed by atoms with Gasteiger partial charge in [0, 0.05) is 39.0 Å². The molecule has 0 bridgehead atoms. The zero-order chi connectivity index (χ0) is 14.0. The van der Waals surface area contributed by atoms with Crippen LogP contribution in [-0.4, -0.2) is 79.6 Å². The van der Waals surface area contributed by atoms with Gasteiger partial charge in [-0.05, 0) is 13.8 Å². The number of carbonyl (C=O) groups is 1. The van der Waals surface area contributed by atoms with Crippen LogP contribution < -0.4 is 0 Å². The summed E-state index contributed by atoms with van der Waals surface area (Å²) in [6.07, 6.45) is 1.06. The predicted octanol–water partition coefficient (Wildman–Crippen LogP) is -1.05. The van der Waals surface area contributed by atoms with Crippen LogP contribution in [0.25, 0.3) is 0 Å². The van der Waals surface area contributed by atoms with Crippen LogP contribution in [0.2, 0.25) is 0 Å². The third kappa shape index (κ3) is 5.79. The van der Waals surface area contributed by atoms with Crippen molar-refractivity contribution >= 4 is 15.7 Å². The molecule has 0 spiro atoms. The summed E-state index contributed by atoms with van der Waals surface area (Å²) in [5.41, 5.74) is -0.751. The van der Waals surface area contributed by atoms with Gasteiger partial charge in [0.15, 0.2) is 9.84 Å². The summed E-state index contributed by atoms with van der Waals surface area (Å²) in [6, 6.07) is 0. The molecule has 7 heteroatoms. The first-order valence-corrected chi connectivity index (χ1v) is 8.03. The normalized spacial score (nSPS) is 19.0. The fourth-order valence-corrected chi connectivity index (χ4v) is 2.65. The largest absolute Gasteiger partial charge is 0.389 e. The molecule has 0 aromatic rings. The molecule has 0 radical (unpaired) electrons. The maximum absolute atomic E-state index is 11.7. The Balaban J connectivity index is 2.42. The lowest BCUT2D eigenvalue weighted by molar-refractivity contribution is -0.130. The Morgan fingerprint density at radius 1 is 1.22 bits per heavy atom. The van der Waals surface area contributed by atoms with Crippen molar-refractivity contribution in [2.75, 3.05) is 44.7 Å². The van der Waals surface area contributed by atoms with Crippen LogP contribution in [-0.2, 0) is 14.6 Å². The predicted molar refractivity (Wildman–Crippen MR) is 69.0 cm³/mol. The zero-order valence-corrected chi connectivity index (χ0v) is 12.0. The van der Waals surface area contributed by atoms with Crippen molar-refractivity contribution in [3.05, 3.63) is 0 Å². The molecule has 1 amide bonds. The molecule has 1 saturated heterocycles. The van der Waals surface area contributed by atoms with Gasteiger partial charge in [0.2, 0.25) is 5.91 Å². The molecule has 1 heterocycles. The van der Waals surface area contributed by atoms with Crippen LogP contribution in [0.4, 0.5) is 0 Å². The molecule has 0 atom stereocenters. The lowest BCUT2D eigenvalue weighted by Gasteiger charge is -2.37. The average molecular weight is 278 g/mol. The van der Waals surface area contributed by atoms with Crippen molar-refractivity contribution in [3.8, 4) is 0 Å². The molecule has 1 N–H and O–H groups in total. The van der Waals surface area contributed by atoms with Gasteiger partial charge >= 0.3 is 0 Å². The number of aliphatic hydroxyl groups is 1. The summed E-state index contributed by atoms with van der Waals surface area (Å²) < 4.78 is 22.1. The molecule has 0 unspecified atom stereocenters. The van der Waals surface area contributed by atoms with E-state index in [9.17, 15) is 18.3 Å². The molecule has 0 aliphatic carbocycles. The van der Waals surface area contributed by atoms with Gasteiger partial charge in [-0.3, -0.25) is 9.69 Å². The molecule has 6 nitrogen and oxygen atoms in total. The van der Waals surface area contributed by atoms with E-state index in [0.717, 1.165) is 6.26 Å². The van der Waals surface area contributed by atoms with Crippen LogP contribution in [0.3, 0.4) is 0 Å². The number of carbonyl (C=O) groups excluding carboxylic acids is 1. The van der Waals surface area contributed by atoms with Gasteiger partial charge in [0.05, 0.1) is 5.60 Å². The standard InChI is InChI=1S/C11H22N2O4S/c1-11(2,15)9-12-4-6-13(7-5-12)10(14)8-18(3,16)17/h15H,4-9H2,1-3H3. The van der Waals surface area contributed by atoms with Gasteiger partial charge < -0.3 is 10.0 Å². The summed E-state index contributed by atoms with van der Waals surface area (Å²) >= 11 is 0. The molecular weight excluding hydrogens is 256 g/mol. The molecule has 1 rings (SSSR count). The van der Waals surface area contributed by atoms with Crippen LogP contribution in [0.5, 0.6) is 0 Å². The second-order valence-corrected chi connectivity index (χ2v) is 7.68. The highest BCUT2D eigenvalue weighted by molar-refractivity contribution is 7.91. The van der Waals surface area contributed by atoms with Gasteiger partial charge in [-0.15, -0.1) is 0 Å². The van der Waals surface area contributed by atoms with E-state index in [2.05, 4.69) is 4.90 Å². The Labute approximate surface area is 108 Å². The number of β-amino-alcohol motifs (C(OH)–C–C–N with tert-alkyl or cyclic N) is 1. The molecule has 106 valence electrons. The molecule has 1 aliphatic rings. The minimum Gasteiger partial charge on any atom is -0.389 e. The minimum atomic E-state index is -3.26. The van der Waals surface area contributed by atoms with E-state index >= 15 is 0 Å². The highest BCUT2D eigenvalue weighted by Crippen LogP contribution is 2.09. The van der Waals surface area contributed by atoms with Gasteiger partial charge in [0.1, 0.15) is 5.75 Å². The number of rotatable bonds is 4. The number of hydrogen-bond acceptors (Lipinski definition) is 5. The minimum absolute atomic E-state index is 0.333. The average Bonchev–Trinajstić information content (AvgIpc) is 2.13. The van der Waals surface area contributed by atoms with Gasteiger partial charge in [-0.25, -0.2) is 8.42 Å². The Morgan fingerprint density at radius 3 is 2.11 bits per heavy atom. The fourth-order valence-electron chi connectivity index (χ4n) is 2.02. The number of hydrogen-bond donors (Lipinski definition) is 1. The number of piperazine rings is 1. The van der Waals surface area contributed by atoms with E-state index in [4.69, 9.17) is 0 Å². The van der Waals surface area contributed by atoms with Crippen LogP contribution >= 0.6 is 0 Å². The highest BCUT2D eigenvalue weighted by Gasteiger charge is 2.26. The first kappa shape index (κ1) is 15.4. The Bertz CT molecular complexity index is 392. The quantitative estimate of drug-likeness (QED) is 0.710. The monoisotopic (exact) mass is 278 g/mol. The third-order valence-electron chi connectivity index (χ3n) is 2.72. The summed E-state index contributed by atoms with van der Waals surface area (Å²) in [5, 5.41) is 9.70. The van der Waals surface area contributed by atoms with E-state index in [1.807, 2.05) is 0 Å². The third-order valence-corrected chi connectivity index (χ3v) is 3.49. The first-order chi connectivity index (χ1) is 8.07. The summed E-state index contributed by atoms with van der Waals surface area (Å²) in [4.78, 5) is 15.3. The van der Waals surface area contributed by atoms with E-state index < -0.39 is 21.2 Å². The van der Waals surface area contributed by atoms with E-state index in [-0.39, 0.29) is 5.91 Å². The zero-order valence-electron chi connectivity index (χ0n) is 11.2. The highest BCUT2D eigenvalue weighted by atomic mass is 32.2. The Morgan fingerprint density at radius 2 is 1.72 bits per heavy atom. The second kappa shape index (κ2) is 5.54. The molecular formula is C11H22N2O4S. The first-order valence-electron chi connectivity index (χ1n) is 5.97. The van der Waals surface area contributed by atoms with E-state index in [1.54, 1.807) is 18.7 Å². The van der Waals surface area contributed by atoms with Crippen LogP contribution in [0.15, 0.2) is 0 Å². The number of amides is 1. The van der Waals surface area contributed by atoms with Crippen molar-refractivity contribution < 1.29 is 18.3 Å². The van der Waals surface area contributed by atoms with Crippen LogP contribution in [0, 0.1) is 0 Å². The van der Waals surface area contributed by atoms with Crippen molar-refractivity contribution in [1.82, 2.24) is 9.80 Å². The smallest absolute Gasteiger partial charge is 0.237 e. The topological polar surface area (TPSA) is 77.9 Å². The Kier molecular flexibility index (Phi) is 4.74. The van der Waals surface area contributed by atoms with Gasteiger partial charge in [-0.2, -0.15) is 0 Å². The van der Waals surface area contributed by atoms with E-state index in [0.29, 0.717) is 32.7 Å². The number of nitrogens with zero attached hydrogens (tertiary/aromatic N) is 2. The van der Waals surface area contributed by atoms with Crippen LogP contribution in [0.1, 0.15) is 13.8 Å². The van der Waals surface area contributed by atoms with Crippen molar-refractivity contribution in [2.45, 2.75) is 19.4 Å². The fraction of sp³-hybridized carbons (Fsp3) is 0.909. The van der Waals surface area contributed by atoms with Crippen molar-refractivity contribution in [1.29, 1.82) is 0 Å². The molecule has 0 aromatic carbocycles. The molecule has 1 aliphatic heterocycles. The van der Waals surface area contributed by atoms with Gasteiger partial charge in [-0.1, -0.05) is 0 Å². The maximum atomic E-state index is 11.7. The molecule has 0 saturated carbocycles. The Hall–Kier alpha value is -0.660. The summed E-state index contributed by atoms with van der Waals surface area (Å²) in [5.74, 6) is -0.751. The lowest BCUT2D eigenvalue weighted by Crippen LogP contribution is -2.52. The van der Waals surface area contributed by atoms with Gasteiger partial charge in [0.25, 0.3) is 0 Å². The van der Waals surface area contributed by atoms with E-state index in [1.165, 1.54) is 0 Å². The summed E-state index contributed by atoms with van der Waals surface area (Å²) in [7, 11) is -3.26. The molecule has 1 fully saturated rings. The summed E-state index contributed by atoms with van der Waals surface area (Å²) in [6.45, 7) is 6.41. The SMILES string of the molecule is CC(C)(O)CN1CCN(C(=O)CS(C)(=O)=O)CC1. The molecule has 0 aromatic heterocycles. The maximum Gasteiger partial charge on any atom is 0.237 e. The lowest BCUT2D eigenvalue weighted by atomic mass is 10.1. The molecule has 18 heavy (non-hydrogen) atoms. The number of sulfone groups is 1. The van der Waals surface area contributed by atoms with Crippen molar-refractivity contribution in [3.63, 3.8) is 0 Å². The van der Waals surface area contributed by atoms with Crippen molar-refractivity contribution in [2.24, 2.45) is 0 Å².